The van der Waals surface area contributed by atoms with Gasteiger partial charge in [0.25, 0.3) is 0 Å². The molecule has 3 heteroatoms. The lowest BCUT2D eigenvalue weighted by Gasteiger charge is -2.18. The monoisotopic (exact) mass is 235 g/mol. The molecule has 1 atom stereocenters. The first-order valence-electron chi connectivity index (χ1n) is 5.81. The van der Waals surface area contributed by atoms with E-state index in [1.165, 1.54) is 23.8 Å². The molecule has 0 aliphatic rings. The third-order valence-electron chi connectivity index (χ3n) is 3.00. The number of carbonyl (C=O) groups excluding carboxylic acids is 1. The maximum absolute atomic E-state index is 11.5. The highest BCUT2D eigenvalue weighted by Gasteiger charge is 2.12. The van der Waals surface area contributed by atoms with Gasteiger partial charge in [0.15, 0.2) is 0 Å². The van der Waals surface area contributed by atoms with E-state index in [2.05, 4.69) is 38.2 Å². The second kappa shape index (κ2) is 5.82. The number of hydrogen-bond acceptors (Lipinski definition) is 2. The van der Waals surface area contributed by atoms with Crippen LogP contribution in [0.1, 0.15) is 35.2 Å². The van der Waals surface area contributed by atoms with E-state index >= 15 is 0 Å². The molecule has 3 nitrogen and oxygen atoms in total. The SMILES string of the molecule is COCC(=O)N[C@@H](C)c1cc(C)c(C)cc1C. The number of methoxy groups -OCH3 is 1. The van der Waals surface area contributed by atoms with Crippen LogP contribution in [-0.2, 0) is 9.53 Å². The van der Waals surface area contributed by atoms with Gasteiger partial charge in [-0.1, -0.05) is 12.1 Å². The van der Waals surface area contributed by atoms with Gasteiger partial charge in [0.05, 0.1) is 6.04 Å². The van der Waals surface area contributed by atoms with Crippen LogP contribution in [0.2, 0.25) is 0 Å². The second-order valence-corrected chi connectivity index (χ2v) is 4.52. The largest absolute Gasteiger partial charge is 0.375 e. The standard InChI is InChI=1S/C14H21NO2/c1-9-6-11(3)13(7-10(9)2)12(4)15-14(16)8-17-5/h6-7,12H,8H2,1-5H3,(H,15,16)/t12-/m0/s1. The van der Waals surface area contributed by atoms with E-state index in [4.69, 9.17) is 4.74 Å². The third-order valence-corrected chi connectivity index (χ3v) is 3.00. The van der Waals surface area contributed by atoms with E-state index < -0.39 is 0 Å². The van der Waals surface area contributed by atoms with Crippen molar-refractivity contribution in [3.63, 3.8) is 0 Å². The van der Waals surface area contributed by atoms with E-state index in [0.717, 1.165) is 5.56 Å². The Balaban J connectivity index is 2.85. The van der Waals surface area contributed by atoms with Crippen molar-refractivity contribution in [1.29, 1.82) is 0 Å². The van der Waals surface area contributed by atoms with Crippen molar-refractivity contribution in [2.75, 3.05) is 13.7 Å². The Labute approximate surface area is 103 Å². The van der Waals surface area contributed by atoms with Crippen molar-refractivity contribution in [1.82, 2.24) is 5.32 Å². The molecule has 0 aliphatic heterocycles. The minimum atomic E-state index is -0.0855. The molecule has 0 aliphatic carbocycles. The van der Waals surface area contributed by atoms with E-state index in [9.17, 15) is 4.79 Å². The first-order valence-corrected chi connectivity index (χ1v) is 5.81. The average molecular weight is 235 g/mol. The number of ether oxygens (including phenoxy) is 1. The molecule has 0 radical (unpaired) electrons. The number of carbonyl (C=O) groups is 1. The Kier molecular flexibility index (Phi) is 4.70. The number of benzene rings is 1. The van der Waals surface area contributed by atoms with Crippen LogP contribution in [0.15, 0.2) is 12.1 Å². The topological polar surface area (TPSA) is 38.3 Å². The molecule has 0 bridgehead atoms. The van der Waals surface area contributed by atoms with Crippen molar-refractivity contribution in [2.24, 2.45) is 0 Å². The number of aryl methyl sites for hydroxylation is 3. The van der Waals surface area contributed by atoms with E-state index in [1.807, 2.05) is 6.92 Å². The van der Waals surface area contributed by atoms with Crippen molar-refractivity contribution < 1.29 is 9.53 Å². The van der Waals surface area contributed by atoms with Crippen LogP contribution in [-0.4, -0.2) is 19.6 Å². The summed E-state index contributed by atoms with van der Waals surface area (Å²) in [5, 5.41) is 2.92. The lowest BCUT2D eigenvalue weighted by molar-refractivity contribution is -0.125. The quantitative estimate of drug-likeness (QED) is 0.870. The van der Waals surface area contributed by atoms with Crippen LogP contribution in [0.5, 0.6) is 0 Å². The maximum Gasteiger partial charge on any atom is 0.246 e. The smallest absolute Gasteiger partial charge is 0.246 e. The first kappa shape index (κ1) is 13.7. The predicted molar refractivity (Wildman–Crippen MR) is 69.1 cm³/mol. The van der Waals surface area contributed by atoms with Crippen LogP contribution < -0.4 is 5.32 Å². The molecule has 1 rings (SSSR count). The zero-order chi connectivity index (χ0) is 13.0. The van der Waals surface area contributed by atoms with Crippen LogP contribution >= 0.6 is 0 Å². The molecular weight excluding hydrogens is 214 g/mol. The summed E-state index contributed by atoms with van der Waals surface area (Å²) in [7, 11) is 1.52. The van der Waals surface area contributed by atoms with Gasteiger partial charge in [-0.25, -0.2) is 0 Å². The van der Waals surface area contributed by atoms with Gasteiger partial charge in [-0.3, -0.25) is 4.79 Å². The summed E-state index contributed by atoms with van der Waals surface area (Å²) in [6.45, 7) is 8.35. The van der Waals surface area contributed by atoms with Gasteiger partial charge in [0, 0.05) is 7.11 Å². The van der Waals surface area contributed by atoms with Crippen LogP contribution in [0.4, 0.5) is 0 Å². The van der Waals surface area contributed by atoms with Crippen molar-refractivity contribution in [2.45, 2.75) is 33.7 Å². The van der Waals surface area contributed by atoms with Crippen LogP contribution in [0.3, 0.4) is 0 Å². The first-order chi connectivity index (χ1) is 7.95. The lowest BCUT2D eigenvalue weighted by Crippen LogP contribution is -2.30. The summed E-state index contributed by atoms with van der Waals surface area (Å²) in [4.78, 5) is 11.5. The Hall–Kier alpha value is -1.35. The summed E-state index contributed by atoms with van der Waals surface area (Å²) >= 11 is 0. The summed E-state index contributed by atoms with van der Waals surface area (Å²) in [5.74, 6) is -0.0855. The number of amides is 1. The molecule has 94 valence electrons. The second-order valence-electron chi connectivity index (χ2n) is 4.52. The summed E-state index contributed by atoms with van der Waals surface area (Å²) < 4.78 is 4.80. The van der Waals surface area contributed by atoms with Gasteiger partial charge in [-0.2, -0.15) is 0 Å². The van der Waals surface area contributed by atoms with Gasteiger partial charge >= 0.3 is 0 Å². The minimum absolute atomic E-state index is 0.0111. The van der Waals surface area contributed by atoms with E-state index in [0.29, 0.717) is 0 Å². The average Bonchev–Trinajstić information content (AvgIpc) is 2.23. The molecule has 0 heterocycles. The molecule has 0 saturated carbocycles. The number of nitrogens with one attached hydrogen (secondary N) is 1. The maximum atomic E-state index is 11.5. The van der Waals surface area contributed by atoms with E-state index in [1.54, 1.807) is 0 Å². The fraction of sp³-hybridized carbons (Fsp3) is 0.500. The molecular formula is C14H21NO2. The third kappa shape index (κ3) is 3.56. The summed E-state index contributed by atoms with van der Waals surface area (Å²) in [5.41, 5.74) is 4.90. The van der Waals surface area contributed by atoms with Gasteiger partial charge in [-0.15, -0.1) is 0 Å². The Morgan fingerprint density at radius 2 is 1.82 bits per heavy atom. The van der Waals surface area contributed by atoms with E-state index in [-0.39, 0.29) is 18.6 Å². The molecule has 1 N–H and O–H groups in total. The van der Waals surface area contributed by atoms with Crippen molar-refractivity contribution >= 4 is 5.91 Å². The molecule has 0 fully saturated rings. The van der Waals surface area contributed by atoms with Crippen LogP contribution in [0.25, 0.3) is 0 Å². The van der Waals surface area contributed by atoms with Gasteiger partial charge < -0.3 is 10.1 Å². The highest BCUT2D eigenvalue weighted by atomic mass is 16.5. The fourth-order valence-corrected chi connectivity index (χ4v) is 1.94. The van der Waals surface area contributed by atoms with Crippen molar-refractivity contribution in [3.8, 4) is 0 Å². The highest BCUT2D eigenvalue weighted by Crippen LogP contribution is 2.21. The van der Waals surface area contributed by atoms with Gasteiger partial charge in [0.2, 0.25) is 5.91 Å². The summed E-state index contributed by atoms with van der Waals surface area (Å²) in [6, 6.07) is 4.31. The molecule has 0 saturated heterocycles. The Morgan fingerprint density at radius 3 is 2.41 bits per heavy atom. The zero-order valence-corrected chi connectivity index (χ0v) is 11.3. The van der Waals surface area contributed by atoms with Gasteiger partial charge in [0.1, 0.15) is 6.61 Å². The molecule has 0 unspecified atom stereocenters. The number of hydrogen-bond donors (Lipinski definition) is 1. The van der Waals surface area contributed by atoms with Gasteiger partial charge in [-0.05, 0) is 49.9 Å². The Bertz CT molecular complexity index is 413. The lowest BCUT2D eigenvalue weighted by atomic mass is 9.96. The van der Waals surface area contributed by atoms with Crippen LogP contribution in [0, 0.1) is 20.8 Å². The normalized spacial score (nSPS) is 12.3. The molecule has 1 aromatic carbocycles. The van der Waals surface area contributed by atoms with Crippen molar-refractivity contribution in [3.05, 3.63) is 34.4 Å². The fourth-order valence-electron chi connectivity index (χ4n) is 1.94. The Morgan fingerprint density at radius 1 is 1.24 bits per heavy atom. The molecule has 0 spiro atoms. The number of rotatable bonds is 4. The molecule has 1 amide bonds. The molecule has 0 aromatic heterocycles. The highest BCUT2D eigenvalue weighted by molar-refractivity contribution is 5.77. The molecule has 1 aromatic rings. The summed E-state index contributed by atoms with van der Waals surface area (Å²) in [6.07, 6.45) is 0. The molecule has 17 heavy (non-hydrogen) atoms. The minimum Gasteiger partial charge on any atom is -0.375 e. The zero-order valence-electron chi connectivity index (χ0n) is 11.3. The predicted octanol–water partition coefficient (Wildman–Crippen LogP) is 2.44.